The molecule has 3 aromatic rings. The van der Waals surface area contributed by atoms with Crippen molar-refractivity contribution in [3.8, 4) is 17.2 Å². The Balaban J connectivity index is 1.64. The van der Waals surface area contributed by atoms with Crippen molar-refractivity contribution in [3.63, 3.8) is 0 Å². The lowest BCUT2D eigenvalue weighted by Crippen LogP contribution is -2.29. The molecule has 4 rings (SSSR count). The number of aromatic nitrogens is 2. The quantitative estimate of drug-likeness (QED) is 0.406. The number of nitrogens with zero attached hydrogens (tertiary/aromatic N) is 1. The van der Waals surface area contributed by atoms with Gasteiger partial charge in [-0.15, -0.1) is 0 Å². The number of carbonyl (C=O) groups excluding carboxylic acids is 1. The number of fused-ring (bicyclic) bond motifs is 2. The lowest BCUT2D eigenvalue weighted by molar-refractivity contribution is 0.247. The monoisotopic (exact) mass is 462 g/mol. The summed E-state index contributed by atoms with van der Waals surface area (Å²) in [6, 6.07) is 9.28. The number of amides is 2. The van der Waals surface area contributed by atoms with Gasteiger partial charge in [0.15, 0.2) is 0 Å². The van der Waals surface area contributed by atoms with Gasteiger partial charge in [-0.2, -0.15) is 5.10 Å². The zero-order valence-corrected chi connectivity index (χ0v) is 15.7. The van der Waals surface area contributed by atoms with Gasteiger partial charge in [0.2, 0.25) is 0 Å². The van der Waals surface area contributed by atoms with Crippen LogP contribution in [0.4, 0.5) is 4.79 Å². The van der Waals surface area contributed by atoms with Gasteiger partial charge in [0, 0.05) is 17.5 Å². The molecule has 1 aromatic heterocycles. The molecule has 7 nitrogen and oxygen atoms in total. The van der Waals surface area contributed by atoms with Crippen LogP contribution < -0.4 is 18.3 Å². The molecule has 0 saturated carbocycles. The van der Waals surface area contributed by atoms with E-state index in [1.807, 2.05) is 42.5 Å². The summed E-state index contributed by atoms with van der Waals surface area (Å²) in [4.78, 5) is 11.4. The van der Waals surface area contributed by atoms with E-state index in [0.717, 1.165) is 33.5 Å². The first kappa shape index (κ1) is 16.7. The Hall–Kier alpha value is -2.75. The van der Waals surface area contributed by atoms with Crippen LogP contribution in [0.15, 0.2) is 42.6 Å². The molecule has 1 aliphatic rings. The van der Waals surface area contributed by atoms with Crippen LogP contribution in [0, 0.1) is 0 Å². The molecule has 1 aliphatic heterocycles. The Morgan fingerprint density at radius 1 is 1.35 bits per heavy atom. The second-order valence-electron chi connectivity index (χ2n) is 5.68. The van der Waals surface area contributed by atoms with Gasteiger partial charge >= 0.3 is 6.03 Å². The fourth-order valence-electron chi connectivity index (χ4n) is 2.80. The van der Waals surface area contributed by atoms with Crippen molar-refractivity contribution in [1.29, 1.82) is 0 Å². The summed E-state index contributed by atoms with van der Waals surface area (Å²) in [5, 5.41) is 10.7. The topological polar surface area (TPSA) is 88.3 Å². The van der Waals surface area contributed by atoms with Crippen LogP contribution in [0.3, 0.4) is 0 Å². The van der Waals surface area contributed by atoms with Crippen LogP contribution >= 0.6 is 22.9 Å². The summed E-state index contributed by atoms with van der Waals surface area (Å²) >= 11 is 1.79. The lowest BCUT2D eigenvalue weighted by Gasteiger charge is -2.20. The van der Waals surface area contributed by atoms with Gasteiger partial charge in [-0.1, -0.05) is 0 Å². The minimum absolute atomic E-state index is 0.251. The van der Waals surface area contributed by atoms with Gasteiger partial charge in [0.1, 0.15) is 23.9 Å². The first-order chi connectivity index (χ1) is 12.7. The number of benzene rings is 2. The number of nitrogens with one attached hydrogen (secondary N) is 3. The summed E-state index contributed by atoms with van der Waals surface area (Å²) in [5.41, 5.74) is 2.71. The Kier molecular flexibility index (Phi) is 4.65. The molecule has 132 valence electrons. The van der Waals surface area contributed by atoms with Gasteiger partial charge in [-0.3, -0.25) is 8.63 Å². The van der Waals surface area contributed by atoms with E-state index in [1.165, 1.54) is 0 Å². The van der Waals surface area contributed by atoms with Crippen LogP contribution in [0.2, 0.25) is 0 Å². The number of hydrogen-bond donors (Lipinski definition) is 3. The Morgan fingerprint density at radius 2 is 2.27 bits per heavy atom. The summed E-state index contributed by atoms with van der Waals surface area (Å²) < 4.78 is 14.4. The molecule has 0 radical (unpaired) electrons. The molecule has 0 fully saturated rings. The first-order valence-electron chi connectivity index (χ1n) is 7.95. The minimum atomic E-state index is -0.251. The van der Waals surface area contributed by atoms with Crippen LogP contribution in [0.25, 0.3) is 17.0 Å². The maximum atomic E-state index is 11.4. The molecule has 2 amide bonds. The predicted octanol–water partition coefficient (Wildman–Crippen LogP) is 3.91. The van der Waals surface area contributed by atoms with Crippen LogP contribution in [0.1, 0.15) is 11.1 Å². The molecule has 2 aromatic carbocycles. The average molecular weight is 462 g/mol. The van der Waals surface area contributed by atoms with Crippen molar-refractivity contribution in [2.45, 2.75) is 6.54 Å². The zero-order valence-electron chi connectivity index (χ0n) is 13.6. The third-order valence-electron chi connectivity index (χ3n) is 4.01. The van der Waals surface area contributed by atoms with Crippen molar-refractivity contribution < 1.29 is 14.3 Å². The number of aromatic amines is 1. The van der Waals surface area contributed by atoms with E-state index in [-0.39, 0.29) is 6.03 Å². The van der Waals surface area contributed by atoms with E-state index in [1.54, 1.807) is 29.1 Å². The van der Waals surface area contributed by atoms with Gasteiger partial charge in [0.25, 0.3) is 0 Å². The van der Waals surface area contributed by atoms with Crippen molar-refractivity contribution >= 4 is 45.9 Å². The van der Waals surface area contributed by atoms with Crippen molar-refractivity contribution in [1.82, 2.24) is 19.0 Å². The van der Waals surface area contributed by atoms with E-state index < -0.39 is 0 Å². The molecule has 2 heterocycles. The summed E-state index contributed by atoms with van der Waals surface area (Å²) in [6.07, 6.45) is 5.67. The van der Waals surface area contributed by atoms with Crippen LogP contribution in [0.5, 0.6) is 17.2 Å². The lowest BCUT2D eigenvalue weighted by atomic mass is 10.0. The minimum Gasteiger partial charge on any atom is -0.488 e. The number of H-pyrrole nitrogens is 1. The third-order valence-corrected chi connectivity index (χ3v) is 4.50. The van der Waals surface area contributed by atoms with E-state index in [9.17, 15) is 4.79 Å². The number of halogens is 1. The van der Waals surface area contributed by atoms with Gasteiger partial charge in [-0.25, -0.2) is 4.79 Å². The number of urea groups is 1. The van der Waals surface area contributed by atoms with E-state index in [0.29, 0.717) is 18.9 Å². The number of rotatable bonds is 4. The Morgan fingerprint density at radius 3 is 3.15 bits per heavy atom. The standard InChI is InChI=1S/C18H15IN4O3/c19-22-18(24)20-9-11-3-6-16(14-2-1-7-25-17(11)14)26-13-4-5-15-12(8-13)10-21-23-15/h1-6,8,10H,7,9H2,(H,21,23)(H2,20,22,24). The van der Waals surface area contributed by atoms with Gasteiger partial charge < -0.3 is 14.8 Å². The summed E-state index contributed by atoms with van der Waals surface area (Å²) in [5.74, 6) is 2.14. The highest BCUT2D eigenvalue weighted by molar-refractivity contribution is 14.1. The molecule has 0 atom stereocenters. The number of ether oxygens (including phenoxy) is 2. The highest BCUT2D eigenvalue weighted by Gasteiger charge is 2.17. The van der Waals surface area contributed by atoms with Crippen molar-refractivity contribution in [2.24, 2.45) is 0 Å². The molecule has 0 bridgehead atoms. The SMILES string of the molecule is O=C(NI)NCc1ccc(Oc2ccc3[nH]ncc3c2)c2c1OCC=C2. The van der Waals surface area contributed by atoms with E-state index in [2.05, 4.69) is 19.0 Å². The number of hydrogen-bond acceptors (Lipinski definition) is 4. The van der Waals surface area contributed by atoms with Crippen LogP contribution in [-0.2, 0) is 6.54 Å². The van der Waals surface area contributed by atoms with E-state index in [4.69, 9.17) is 9.47 Å². The first-order valence-corrected chi connectivity index (χ1v) is 9.03. The molecule has 8 heteroatoms. The van der Waals surface area contributed by atoms with Crippen molar-refractivity contribution in [3.05, 3.63) is 53.7 Å². The maximum absolute atomic E-state index is 11.4. The maximum Gasteiger partial charge on any atom is 0.323 e. The molecule has 0 spiro atoms. The molecule has 0 unspecified atom stereocenters. The Labute approximate surface area is 163 Å². The molecule has 0 saturated heterocycles. The normalized spacial score (nSPS) is 12.3. The second-order valence-corrected chi connectivity index (χ2v) is 6.22. The smallest absolute Gasteiger partial charge is 0.323 e. The molecular formula is C18H15IN4O3. The summed E-state index contributed by atoms with van der Waals surface area (Å²) in [6.45, 7) is 0.856. The summed E-state index contributed by atoms with van der Waals surface area (Å²) in [7, 11) is 0. The second kappa shape index (κ2) is 7.24. The largest absolute Gasteiger partial charge is 0.488 e. The zero-order chi connectivity index (χ0) is 17.9. The fraction of sp³-hybridized carbons (Fsp3) is 0.111. The average Bonchev–Trinajstić information content (AvgIpc) is 3.15. The number of carbonyl (C=O) groups is 1. The third kappa shape index (κ3) is 3.32. The van der Waals surface area contributed by atoms with E-state index >= 15 is 0 Å². The molecule has 26 heavy (non-hydrogen) atoms. The predicted molar refractivity (Wildman–Crippen MR) is 107 cm³/mol. The molecule has 0 aliphatic carbocycles. The van der Waals surface area contributed by atoms with Gasteiger partial charge in [-0.05, 0) is 42.5 Å². The fourth-order valence-corrected chi connectivity index (χ4v) is 2.99. The van der Waals surface area contributed by atoms with Gasteiger partial charge in [0.05, 0.1) is 40.1 Å². The molecular weight excluding hydrogens is 447 g/mol. The van der Waals surface area contributed by atoms with Crippen LogP contribution in [-0.4, -0.2) is 22.8 Å². The highest BCUT2D eigenvalue weighted by atomic mass is 127. The molecule has 3 N–H and O–H groups in total. The Bertz CT molecular complexity index is 999. The highest BCUT2D eigenvalue weighted by Crippen LogP contribution is 2.38. The van der Waals surface area contributed by atoms with Crippen molar-refractivity contribution in [2.75, 3.05) is 6.61 Å².